The third-order valence-electron chi connectivity index (χ3n) is 11.1. The predicted molar refractivity (Wildman–Crippen MR) is 203 cm³/mol. The molecule has 13 nitrogen and oxygen atoms in total. The molecule has 1 saturated carbocycles. The summed E-state index contributed by atoms with van der Waals surface area (Å²) in [7, 11) is 1.43. The van der Waals surface area contributed by atoms with Crippen LogP contribution in [-0.4, -0.2) is 90.3 Å². The van der Waals surface area contributed by atoms with E-state index in [1.165, 1.54) is 18.1 Å². The number of carbonyl (C=O) groups is 4. The van der Waals surface area contributed by atoms with Gasteiger partial charge in [-0.2, -0.15) is 13.2 Å². The van der Waals surface area contributed by atoms with E-state index in [1.807, 2.05) is 6.08 Å². The highest BCUT2D eigenvalue weighted by atomic mass is 35.5. The first-order valence-corrected chi connectivity index (χ1v) is 19.2. The maximum Gasteiger partial charge on any atom is 0.433 e. The van der Waals surface area contributed by atoms with Crippen molar-refractivity contribution in [2.24, 2.45) is 16.8 Å². The Hall–Kier alpha value is -5.06. The van der Waals surface area contributed by atoms with Crippen LogP contribution in [0.15, 0.2) is 53.5 Å². The fourth-order valence-electron chi connectivity index (χ4n) is 7.84. The van der Waals surface area contributed by atoms with Gasteiger partial charge in [-0.1, -0.05) is 23.7 Å². The summed E-state index contributed by atoms with van der Waals surface area (Å²) < 4.78 is 51.0. The second kappa shape index (κ2) is 16.4. The number of ether oxygens (including phenoxy) is 2. The van der Waals surface area contributed by atoms with E-state index in [-0.39, 0.29) is 60.6 Å². The number of anilines is 2. The number of hydrogen-bond donors (Lipinski definition) is 3. The van der Waals surface area contributed by atoms with Gasteiger partial charge >= 0.3 is 12.2 Å². The van der Waals surface area contributed by atoms with Gasteiger partial charge in [0.2, 0.25) is 5.91 Å². The van der Waals surface area contributed by atoms with E-state index in [0.717, 1.165) is 30.2 Å². The molecule has 3 fully saturated rings. The van der Waals surface area contributed by atoms with Gasteiger partial charge < -0.3 is 24.8 Å². The van der Waals surface area contributed by atoms with Gasteiger partial charge in [-0.15, -0.1) is 0 Å². The van der Waals surface area contributed by atoms with Crippen molar-refractivity contribution in [1.82, 2.24) is 15.2 Å². The smallest absolute Gasteiger partial charge is 0.433 e. The zero-order valence-electron chi connectivity index (χ0n) is 31.1. The highest BCUT2D eigenvalue weighted by Gasteiger charge is 2.37. The number of nitrogens with zero attached hydrogens (tertiary/aromatic N) is 4. The second-order valence-corrected chi connectivity index (χ2v) is 15.4. The summed E-state index contributed by atoms with van der Waals surface area (Å²) in [5.41, 5.74) is -1.46. The number of methoxy groups -OCH3 is 1. The molecule has 3 N–H and O–H groups in total. The predicted octanol–water partition coefficient (Wildman–Crippen LogP) is 4.73. The average Bonchev–Trinajstić information content (AvgIpc) is 3.61. The van der Waals surface area contributed by atoms with E-state index < -0.39 is 29.4 Å². The molecule has 3 aliphatic heterocycles. The Labute approximate surface area is 330 Å². The van der Waals surface area contributed by atoms with E-state index >= 15 is 0 Å². The summed E-state index contributed by atoms with van der Waals surface area (Å²) in [4.78, 5) is 61.7. The van der Waals surface area contributed by atoms with Gasteiger partial charge in [0.25, 0.3) is 11.8 Å². The normalized spacial score (nSPS) is 22.6. The summed E-state index contributed by atoms with van der Waals surface area (Å²) in [6, 6.07) is 10.6. The van der Waals surface area contributed by atoms with Crippen molar-refractivity contribution in [2.75, 3.05) is 50.2 Å². The fourth-order valence-corrected chi connectivity index (χ4v) is 8.06. The van der Waals surface area contributed by atoms with Crippen LogP contribution in [0.1, 0.15) is 71.5 Å². The number of alkyl halides is 3. The van der Waals surface area contributed by atoms with E-state index in [9.17, 15) is 37.5 Å². The first-order valence-electron chi connectivity index (χ1n) is 18.8. The van der Waals surface area contributed by atoms with Gasteiger partial charge in [0, 0.05) is 49.5 Å². The molecular weight excluding hydrogens is 769 g/mol. The Balaban J connectivity index is 0.875. The number of pyridine rings is 1. The molecule has 2 aromatic carbocycles. The van der Waals surface area contributed by atoms with Gasteiger partial charge in [-0.05, 0) is 86.8 Å². The monoisotopic (exact) mass is 810 g/mol. The van der Waals surface area contributed by atoms with Crippen molar-refractivity contribution < 1.29 is 46.9 Å². The van der Waals surface area contributed by atoms with Crippen LogP contribution >= 0.6 is 11.6 Å². The molecule has 1 atom stereocenters. The molecule has 1 aliphatic carbocycles. The van der Waals surface area contributed by atoms with Gasteiger partial charge in [-0.3, -0.25) is 29.6 Å². The van der Waals surface area contributed by atoms with Crippen molar-refractivity contribution in [2.45, 2.75) is 62.8 Å². The van der Waals surface area contributed by atoms with E-state index in [1.54, 1.807) is 35.2 Å². The Morgan fingerprint density at radius 3 is 2.51 bits per heavy atom. The van der Waals surface area contributed by atoms with Crippen LogP contribution in [0.2, 0.25) is 5.02 Å². The zero-order chi connectivity index (χ0) is 40.5. The van der Waals surface area contributed by atoms with Gasteiger partial charge in [0.1, 0.15) is 17.1 Å². The molecule has 3 aromatic rings. The lowest BCUT2D eigenvalue weighted by Gasteiger charge is -2.37. The van der Waals surface area contributed by atoms with Crippen LogP contribution in [0.25, 0.3) is 6.08 Å². The van der Waals surface area contributed by atoms with Crippen LogP contribution in [-0.2, 0) is 15.7 Å². The number of imide groups is 1. The maximum absolute atomic E-state index is 13.4. The summed E-state index contributed by atoms with van der Waals surface area (Å²) in [5, 5.41) is 18.0. The average molecular weight is 811 g/mol. The standard InChI is InChI=1S/C40H42ClF3N6O7/c1-56-33-20-30-26(18-31(33)47-36(52)28-3-2-4-34(46-28)40(42,43)44)17-29(45-30)24-7-12-39(55,13-8-24)22-57-21-23-9-14-49(15-10-23)37(53)25-5-6-27(41)32(19-25)50-16-11-35(51)48-38(50)54/h2-6,17-20,23-24,29,55H,7-16,21-22H2,1H3,(H,47,52)(H,48,51,54). The number of aromatic nitrogens is 1. The summed E-state index contributed by atoms with van der Waals surface area (Å²) in [5.74, 6) is -0.641. The van der Waals surface area contributed by atoms with Crippen molar-refractivity contribution in [1.29, 1.82) is 0 Å². The third-order valence-corrected chi connectivity index (χ3v) is 11.4. The number of benzene rings is 2. The minimum Gasteiger partial charge on any atom is -0.494 e. The molecular formula is C40H42ClF3N6O7. The van der Waals surface area contributed by atoms with Gasteiger partial charge in [0.05, 0.1) is 47.1 Å². The summed E-state index contributed by atoms with van der Waals surface area (Å²) in [6.07, 6.45) is 1.43. The number of likely N-dealkylation sites (tertiary alicyclic amines) is 1. The molecule has 1 unspecified atom stereocenters. The first-order chi connectivity index (χ1) is 27.2. The number of fused-ring (bicyclic) bond motifs is 1. The number of rotatable bonds is 10. The van der Waals surface area contributed by atoms with Crippen molar-refractivity contribution in [3.05, 3.63) is 81.1 Å². The van der Waals surface area contributed by atoms with Crippen molar-refractivity contribution >= 4 is 52.8 Å². The molecule has 0 spiro atoms. The Kier molecular flexibility index (Phi) is 11.6. The zero-order valence-corrected chi connectivity index (χ0v) is 31.9. The molecule has 57 heavy (non-hydrogen) atoms. The van der Waals surface area contributed by atoms with Gasteiger partial charge in [0.15, 0.2) is 0 Å². The molecule has 302 valence electrons. The number of carbonyl (C=O) groups excluding carboxylic acids is 4. The molecule has 7 rings (SSSR count). The lowest BCUT2D eigenvalue weighted by molar-refractivity contribution is -0.141. The Morgan fingerprint density at radius 2 is 1.81 bits per heavy atom. The van der Waals surface area contributed by atoms with Crippen molar-refractivity contribution in [3.63, 3.8) is 0 Å². The molecule has 17 heteroatoms. The topological polar surface area (TPSA) is 163 Å². The number of urea groups is 1. The Bertz CT molecular complexity index is 2190. The van der Waals surface area contributed by atoms with Crippen LogP contribution in [0.5, 0.6) is 5.75 Å². The fraction of sp³-hybridized carbons (Fsp3) is 0.450. The minimum atomic E-state index is -4.69. The minimum absolute atomic E-state index is 0.140. The number of hydrogen-bond acceptors (Lipinski definition) is 9. The molecule has 4 aliphatic rings. The Morgan fingerprint density at radius 1 is 1.05 bits per heavy atom. The highest BCUT2D eigenvalue weighted by Crippen LogP contribution is 2.37. The third kappa shape index (κ3) is 9.08. The maximum atomic E-state index is 13.4. The molecule has 5 amide bonds. The number of amides is 5. The second-order valence-electron chi connectivity index (χ2n) is 15.0. The lowest BCUT2D eigenvalue weighted by Crippen LogP contribution is -2.49. The van der Waals surface area contributed by atoms with Crippen LogP contribution in [0.3, 0.4) is 0 Å². The van der Waals surface area contributed by atoms with E-state index in [4.69, 9.17) is 26.1 Å². The van der Waals surface area contributed by atoms with E-state index in [2.05, 4.69) is 15.6 Å². The number of nitrogens with one attached hydrogen (secondary N) is 2. The SMILES string of the molecule is COc1cc2c(cc1NC(=O)c1cccc(C(F)(F)F)n1)=CC(C1CCC(O)(COCC3CCN(C(=O)c4ccc(Cl)c(N5CCC(=O)NC5=O)c4)CC3)CC1)N=2. The van der Waals surface area contributed by atoms with Crippen LogP contribution in [0, 0.1) is 11.8 Å². The van der Waals surface area contributed by atoms with E-state index in [0.29, 0.717) is 72.8 Å². The summed E-state index contributed by atoms with van der Waals surface area (Å²) >= 11 is 6.36. The van der Waals surface area contributed by atoms with Crippen molar-refractivity contribution in [3.8, 4) is 5.75 Å². The van der Waals surface area contributed by atoms with Crippen LogP contribution in [0.4, 0.5) is 29.3 Å². The largest absolute Gasteiger partial charge is 0.494 e. The number of piperidine rings is 1. The molecule has 4 heterocycles. The molecule has 0 bridgehead atoms. The highest BCUT2D eigenvalue weighted by molar-refractivity contribution is 6.34. The first kappa shape index (κ1) is 40.1. The number of aliphatic hydroxyl groups is 1. The molecule has 2 saturated heterocycles. The lowest BCUT2D eigenvalue weighted by atomic mass is 9.76. The van der Waals surface area contributed by atoms with Gasteiger partial charge in [-0.25, -0.2) is 9.78 Å². The molecule has 1 aromatic heterocycles. The molecule has 0 radical (unpaired) electrons. The number of halogens is 4. The van der Waals surface area contributed by atoms with Crippen LogP contribution < -0.4 is 30.8 Å². The quantitative estimate of drug-likeness (QED) is 0.265. The summed E-state index contributed by atoms with van der Waals surface area (Å²) in [6.45, 7) is 1.91.